The van der Waals surface area contributed by atoms with Crippen LogP contribution in [-0.2, 0) is 11.3 Å². The molecule has 0 aliphatic carbocycles. The number of carbonyl (C=O) groups is 1. The SMILES string of the molecule is Nc1ccc(NC2CCN(C(=O)OCc3ccccc3)CC2)c(I)c1. The number of hydrogen-bond acceptors (Lipinski definition) is 4. The largest absolute Gasteiger partial charge is 0.445 e. The van der Waals surface area contributed by atoms with Crippen LogP contribution in [0.4, 0.5) is 16.2 Å². The molecule has 0 bridgehead atoms. The van der Waals surface area contributed by atoms with E-state index in [2.05, 4.69) is 27.9 Å². The molecule has 1 heterocycles. The molecule has 3 N–H and O–H groups in total. The molecule has 1 aliphatic rings. The summed E-state index contributed by atoms with van der Waals surface area (Å²) in [5.41, 5.74) is 8.66. The lowest BCUT2D eigenvalue weighted by Gasteiger charge is -2.32. The molecule has 5 nitrogen and oxygen atoms in total. The molecule has 1 fully saturated rings. The van der Waals surface area contributed by atoms with Gasteiger partial charge in [0.2, 0.25) is 0 Å². The summed E-state index contributed by atoms with van der Waals surface area (Å²) >= 11 is 2.29. The predicted molar refractivity (Wildman–Crippen MR) is 108 cm³/mol. The summed E-state index contributed by atoms with van der Waals surface area (Å²) < 4.78 is 6.52. The van der Waals surface area contributed by atoms with Crippen molar-refractivity contribution in [2.24, 2.45) is 0 Å². The van der Waals surface area contributed by atoms with Crippen LogP contribution in [0.1, 0.15) is 18.4 Å². The molecule has 0 aromatic heterocycles. The first-order valence-corrected chi connectivity index (χ1v) is 9.47. The van der Waals surface area contributed by atoms with Crippen LogP contribution in [0.3, 0.4) is 0 Å². The molecule has 0 unspecified atom stereocenters. The molecule has 1 aliphatic heterocycles. The van der Waals surface area contributed by atoms with Crippen molar-refractivity contribution in [3.63, 3.8) is 0 Å². The van der Waals surface area contributed by atoms with Crippen LogP contribution in [-0.4, -0.2) is 30.1 Å². The number of piperidine rings is 1. The number of hydrogen-bond donors (Lipinski definition) is 2. The first-order valence-electron chi connectivity index (χ1n) is 8.39. The summed E-state index contributed by atoms with van der Waals surface area (Å²) in [6, 6.07) is 16.0. The number of benzene rings is 2. The molecule has 0 radical (unpaired) electrons. The van der Waals surface area contributed by atoms with E-state index in [1.165, 1.54) is 0 Å². The Morgan fingerprint density at radius 1 is 1.20 bits per heavy atom. The minimum absolute atomic E-state index is 0.232. The minimum Gasteiger partial charge on any atom is -0.445 e. The number of likely N-dealkylation sites (tertiary alicyclic amines) is 1. The van der Waals surface area contributed by atoms with Gasteiger partial charge in [-0.2, -0.15) is 0 Å². The number of halogens is 1. The lowest BCUT2D eigenvalue weighted by Crippen LogP contribution is -2.42. The molecule has 6 heteroatoms. The number of anilines is 2. The maximum absolute atomic E-state index is 12.2. The highest BCUT2D eigenvalue weighted by atomic mass is 127. The van der Waals surface area contributed by atoms with Crippen molar-refractivity contribution < 1.29 is 9.53 Å². The highest BCUT2D eigenvalue weighted by molar-refractivity contribution is 14.1. The molecule has 25 heavy (non-hydrogen) atoms. The van der Waals surface area contributed by atoms with Gasteiger partial charge < -0.3 is 20.7 Å². The number of carbonyl (C=O) groups excluding carboxylic acids is 1. The Balaban J connectivity index is 1.45. The Labute approximate surface area is 161 Å². The number of nitrogens with zero attached hydrogens (tertiary/aromatic N) is 1. The third-order valence-corrected chi connectivity index (χ3v) is 5.20. The Hall–Kier alpha value is -1.96. The zero-order chi connectivity index (χ0) is 17.6. The molecule has 132 valence electrons. The fourth-order valence-electron chi connectivity index (χ4n) is 2.89. The van der Waals surface area contributed by atoms with E-state index < -0.39 is 0 Å². The average Bonchev–Trinajstić information content (AvgIpc) is 2.63. The van der Waals surface area contributed by atoms with Crippen LogP contribution in [0.25, 0.3) is 0 Å². The van der Waals surface area contributed by atoms with Crippen LogP contribution in [0.15, 0.2) is 48.5 Å². The second-order valence-corrected chi connectivity index (χ2v) is 7.35. The summed E-state index contributed by atoms with van der Waals surface area (Å²) in [6.45, 7) is 1.73. The minimum atomic E-state index is -0.232. The number of rotatable bonds is 4. The molecular formula is C19H22IN3O2. The van der Waals surface area contributed by atoms with E-state index in [0.29, 0.717) is 25.7 Å². The number of amides is 1. The molecule has 2 aromatic carbocycles. The Bertz CT molecular complexity index is 716. The van der Waals surface area contributed by atoms with E-state index in [1.54, 1.807) is 4.90 Å². The standard InChI is InChI=1S/C19H22IN3O2/c20-17-12-15(21)6-7-18(17)22-16-8-10-23(11-9-16)19(24)25-13-14-4-2-1-3-5-14/h1-7,12,16,22H,8-11,13,21H2. The first kappa shape index (κ1) is 17.8. The summed E-state index contributed by atoms with van der Waals surface area (Å²) in [7, 11) is 0. The van der Waals surface area contributed by atoms with Crippen molar-refractivity contribution >= 4 is 40.1 Å². The second-order valence-electron chi connectivity index (χ2n) is 6.19. The van der Waals surface area contributed by atoms with E-state index in [4.69, 9.17) is 10.5 Å². The number of nitrogens with two attached hydrogens (primary N) is 1. The van der Waals surface area contributed by atoms with Crippen LogP contribution in [0.5, 0.6) is 0 Å². The molecule has 0 spiro atoms. The van der Waals surface area contributed by atoms with Gasteiger partial charge in [-0.05, 0) is 59.2 Å². The lowest BCUT2D eigenvalue weighted by molar-refractivity contribution is 0.0882. The predicted octanol–water partition coefficient (Wildman–Crippen LogP) is 4.09. The maximum atomic E-state index is 12.2. The number of ether oxygens (including phenoxy) is 1. The maximum Gasteiger partial charge on any atom is 0.410 e. The molecular weight excluding hydrogens is 429 g/mol. The molecule has 0 atom stereocenters. The quantitative estimate of drug-likeness (QED) is 0.543. The summed E-state index contributed by atoms with van der Waals surface area (Å²) in [4.78, 5) is 14.0. The van der Waals surface area contributed by atoms with Gasteiger partial charge in [0, 0.05) is 34.1 Å². The normalized spacial score (nSPS) is 15.0. The van der Waals surface area contributed by atoms with Gasteiger partial charge in [-0.15, -0.1) is 0 Å². The Kier molecular flexibility index (Phi) is 6.01. The van der Waals surface area contributed by atoms with Crippen molar-refractivity contribution in [2.75, 3.05) is 24.1 Å². The van der Waals surface area contributed by atoms with Crippen molar-refractivity contribution in [2.45, 2.75) is 25.5 Å². The fraction of sp³-hybridized carbons (Fsp3) is 0.316. The van der Waals surface area contributed by atoms with E-state index in [9.17, 15) is 4.79 Å². The first-order chi connectivity index (χ1) is 12.1. The smallest absolute Gasteiger partial charge is 0.410 e. The zero-order valence-corrected chi connectivity index (χ0v) is 16.1. The van der Waals surface area contributed by atoms with Crippen molar-refractivity contribution in [3.05, 3.63) is 57.7 Å². The summed E-state index contributed by atoms with van der Waals surface area (Å²) in [5, 5.41) is 3.55. The Morgan fingerprint density at radius 2 is 1.92 bits per heavy atom. The highest BCUT2D eigenvalue weighted by Gasteiger charge is 2.24. The third kappa shape index (κ3) is 5.01. The molecule has 1 amide bonds. The van der Waals surface area contributed by atoms with E-state index in [-0.39, 0.29) is 6.09 Å². The van der Waals surface area contributed by atoms with Gasteiger partial charge in [-0.1, -0.05) is 30.3 Å². The summed E-state index contributed by atoms with van der Waals surface area (Å²) in [6.07, 6.45) is 1.58. The van der Waals surface area contributed by atoms with Crippen molar-refractivity contribution in [1.29, 1.82) is 0 Å². The van der Waals surface area contributed by atoms with Gasteiger partial charge in [0.25, 0.3) is 0 Å². The van der Waals surface area contributed by atoms with Gasteiger partial charge in [0.15, 0.2) is 0 Å². The zero-order valence-electron chi connectivity index (χ0n) is 14.0. The van der Waals surface area contributed by atoms with Crippen LogP contribution in [0, 0.1) is 3.57 Å². The van der Waals surface area contributed by atoms with E-state index >= 15 is 0 Å². The van der Waals surface area contributed by atoms with Gasteiger partial charge in [-0.25, -0.2) is 4.79 Å². The van der Waals surface area contributed by atoms with E-state index in [1.807, 2.05) is 48.5 Å². The fourth-order valence-corrected chi connectivity index (χ4v) is 3.58. The number of nitrogen functional groups attached to an aromatic ring is 1. The highest BCUT2D eigenvalue weighted by Crippen LogP contribution is 2.24. The topological polar surface area (TPSA) is 67.6 Å². The van der Waals surface area contributed by atoms with Gasteiger partial charge in [-0.3, -0.25) is 0 Å². The van der Waals surface area contributed by atoms with Crippen molar-refractivity contribution in [3.8, 4) is 0 Å². The van der Waals surface area contributed by atoms with Crippen LogP contribution >= 0.6 is 22.6 Å². The number of nitrogens with one attached hydrogen (secondary N) is 1. The molecule has 2 aromatic rings. The average molecular weight is 451 g/mol. The van der Waals surface area contributed by atoms with Gasteiger partial charge >= 0.3 is 6.09 Å². The van der Waals surface area contributed by atoms with Crippen LogP contribution in [0.2, 0.25) is 0 Å². The Morgan fingerprint density at radius 3 is 2.60 bits per heavy atom. The van der Waals surface area contributed by atoms with E-state index in [0.717, 1.165) is 33.4 Å². The van der Waals surface area contributed by atoms with Crippen molar-refractivity contribution in [1.82, 2.24) is 4.90 Å². The second kappa shape index (κ2) is 8.42. The lowest BCUT2D eigenvalue weighted by atomic mass is 10.0. The van der Waals surface area contributed by atoms with Gasteiger partial charge in [0.1, 0.15) is 6.61 Å². The molecule has 1 saturated heterocycles. The monoisotopic (exact) mass is 451 g/mol. The molecule has 3 rings (SSSR count). The third-order valence-electron chi connectivity index (χ3n) is 4.31. The van der Waals surface area contributed by atoms with Gasteiger partial charge in [0.05, 0.1) is 0 Å². The molecule has 0 saturated carbocycles. The summed E-state index contributed by atoms with van der Waals surface area (Å²) in [5.74, 6) is 0. The van der Waals surface area contributed by atoms with Crippen LogP contribution < -0.4 is 11.1 Å².